The van der Waals surface area contributed by atoms with Crippen LogP contribution < -0.4 is 15.9 Å². The molecule has 0 aliphatic carbocycles. The summed E-state index contributed by atoms with van der Waals surface area (Å²) in [6.07, 6.45) is 1.02. The van der Waals surface area contributed by atoms with Crippen LogP contribution in [0.3, 0.4) is 0 Å². The fourth-order valence-electron chi connectivity index (χ4n) is 4.26. The normalized spacial score (nSPS) is 12.4. The average molecular weight is 449 g/mol. The Hall–Kier alpha value is -2.21. The van der Waals surface area contributed by atoms with Crippen molar-refractivity contribution in [3.8, 4) is 0 Å². The van der Waals surface area contributed by atoms with Crippen molar-refractivity contribution in [2.45, 2.75) is 6.16 Å². The van der Waals surface area contributed by atoms with Crippen molar-refractivity contribution < 1.29 is 0 Å². The Morgan fingerprint density at radius 1 is 0.464 bits per heavy atom. The van der Waals surface area contributed by atoms with Gasteiger partial charge in [0.2, 0.25) is 0 Å². The van der Waals surface area contributed by atoms with Crippen molar-refractivity contribution in [3.05, 3.63) is 127 Å². The molecule has 0 saturated carbocycles. The van der Waals surface area contributed by atoms with Gasteiger partial charge in [0, 0.05) is 0 Å². The second kappa shape index (κ2) is 8.43. The number of hydrogen-bond acceptors (Lipinski definition) is 0. The summed E-state index contributed by atoms with van der Waals surface area (Å²) >= 11 is 0. The molecule has 0 amide bonds. The van der Waals surface area contributed by atoms with E-state index in [2.05, 4.69) is 128 Å². The molecule has 0 heterocycles. The quantitative estimate of drug-likeness (QED) is 0.332. The van der Waals surface area contributed by atoms with Crippen LogP contribution in [-0.4, -0.2) is 6.66 Å². The molecule has 2 heteroatoms. The Morgan fingerprint density at radius 2 is 0.750 bits per heavy atom. The van der Waals surface area contributed by atoms with Crippen LogP contribution in [0.15, 0.2) is 121 Å². The van der Waals surface area contributed by atoms with Crippen molar-refractivity contribution in [2.24, 2.45) is 0 Å². The van der Waals surface area contributed by atoms with E-state index in [0.717, 1.165) is 6.16 Å². The molecule has 0 nitrogen and oxygen atoms in total. The van der Waals surface area contributed by atoms with Crippen molar-refractivity contribution in [3.63, 3.8) is 0 Å². The average Bonchev–Trinajstić information content (AvgIpc) is 2.76. The van der Waals surface area contributed by atoms with Crippen LogP contribution in [0.1, 0.15) is 5.56 Å². The second-order valence-electron chi connectivity index (χ2n) is 7.45. The zero-order valence-corrected chi connectivity index (χ0v) is 18.7. The number of rotatable bonds is 5. The van der Waals surface area contributed by atoms with Gasteiger partial charge >= 0.3 is 162 Å². The van der Waals surface area contributed by atoms with Crippen molar-refractivity contribution >= 4 is 39.5 Å². The summed E-state index contributed by atoms with van der Waals surface area (Å²) in [4.78, 5) is 0. The molecule has 28 heavy (non-hydrogen) atoms. The molecule has 0 aliphatic heterocycles. The van der Waals surface area contributed by atoms with E-state index in [4.69, 9.17) is 0 Å². The third-order valence-corrected chi connectivity index (χ3v) is 12.0. The standard InChI is InChI=1S/C26H25P.BrH/c1-27(24-16-8-3-9-17-24,25-18-10-4-11-19-25,26-20-12-5-13-21-26)22-23-14-6-2-7-15-23;/h2-21H,22H2,1H3;1H. The van der Waals surface area contributed by atoms with E-state index in [1.807, 2.05) is 0 Å². The fourth-order valence-corrected chi connectivity index (χ4v) is 9.76. The van der Waals surface area contributed by atoms with Gasteiger partial charge < -0.3 is 0 Å². The molecule has 4 aromatic carbocycles. The second-order valence-corrected chi connectivity index (χ2v) is 12.9. The van der Waals surface area contributed by atoms with Gasteiger partial charge in [-0.25, -0.2) is 0 Å². The Morgan fingerprint density at radius 3 is 1.07 bits per heavy atom. The van der Waals surface area contributed by atoms with Gasteiger partial charge in [0.25, 0.3) is 0 Å². The number of halogens is 1. The van der Waals surface area contributed by atoms with Crippen molar-refractivity contribution in [2.75, 3.05) is 6.66 Å². The van der Waals surface area contributed by atoms with Crippen LogP contribution >= 0.6 is 23.6 Å². The predicted molar refractivity (Wildman–Crippen MR) is 132 cm³/mol. The topological polar surface area (TPSA) is 0 Å². The van der Waals surface area contributed by atoms with Gasteiger partial charge in [0.1, 0.15) is 0 Å². The molecule has 0 N–H and O–H groups in total. The zero-order chi connectivity index (χ0) is 18.6. The first-order valence-corrected chi connectivity index (χ1v) is 12.3. The van der Waals surface area contributed by atoms with Crippen LogP contribution in [0, 0.1) is 0 Å². The first-order valence-electron chi connectivity index (χ1n) is 9.43. The first kappa shape index (κ1) is 20.5. The van der Waals surface area contributed by atoms with Gasteiger partial charge in [-0.15, -0.1) is 17.0 Å². The van der Waals surface area contributed by atoms with E-state index < -0.39 is 6.60 Å². The van der Waals surface area contributed by atoms with E-state index in [9.17, 15) is 0 Å². The maximum atomic E-state index is 2.53. The zero-order valence-electron chi connectivity index (χ0n) is 16.1. The Labute approximate surface area is 179 Å². The molecule has 0 radical (unpaired) electrons. The van der Waals surface area contributed by atoms with E-state index in [1.54, 1.807) is 0 Å². The van der Waals surface area contributed by atoms with Gasteiger partial charge in [0.05, 0.1) is 0 Å². The minimum absolute atomic E-state index is 0. The summed E-state index contributed by atoms with van der Waals surface area (Å²) in [5.74, 6) is 0. The third kappa shape index (κ3) is 3.46. The van der Waals surface area contributed by atoms with Crippen LogP contribution in [0.4, 0.5) is 0 Å². The van der Waals surface area contributed by atoms with Crippen LogP contribution in [0.2, 0.25) is 0 Å². The summed E-state index contributed by atoms with van der Waals surface area (Å²) in [7, 11) is 0. The molecule has 0 saturated heterocycles. The third-order valence-electron chi connectivity index (χ3n) is 5.79. The molecular formula is C26H26BrP. The van der Waals surface area contributed by atoms with E-state index >= 15 is 0 Å². The Kier molecular flexibility index (Phi) is 6.18. The summed E-state index contributed by atoms with van der Waals surface area (Å²) in [5, 5.41) is 4.30. The van der Waals surface area contributed by atoms with Gasteiger partial charge in [-0.3, -0.25) is 0 Å². The number of benzene rings is 4. The summed E-state index contributed by atoms with van der Waals surface area (Å²) in [6, 6.07) is 44.3. The molecule has 4 aromatic rings. The molecular weight excluding hydrogens is 423 g/mol. The molecule has 0 bridgehead atoms. The van der Waals surface area contributed by atoms with Gasteiger partial charge in [-0.05, 0) is 0 Å². The molecule has 0 aliphatic rings. The monoisotopic (exact) mass is 448 g/mol. The molecule has 4 rings (SSSR count). The predicted octanol–water partition coefficient (Wildman–Crippen LogP) is 5.92. The summed E-state index contributed by atoms with van der Waals surface area (Å²) in [5.41, 5.74) is 1.38. The van der Waals surface area contributed by atoms with Crippen LogP contribution in [0.5, 0.6) is 0 Å². The molecule has 142 valence electrons. The van der Waals surface area contributed by atoms with E-state index in [-0.39, 0.29) is 17.0 Å². The van der Waals surface area contributed by atoms with Crippen LogP contribution in [-0.2, 0) is 6.16 Å². The summed E-state index contributed by atoms with van der Waals surface area (Å²) in [6.45, 7) is -0.152. The molecule has 0 unspecified atom stereocenters. The van der Waals surface area contributed by atoms with Gasteiger partial charge in [-0.1, -0.05) is 0 Å². The van der Waals surface area contributed by atoms with Crippen molar-refractivity contribution in [1.29, 1.82) is 0 Å². The molecule has 0 aromatic heterocycles. The fraction of sp³-hybridized carbons (Fsp3) is 0.0769. The molecule has 0 fully saturated rings. The van der Waals surface area contributed by atoms with Gasteiger partial charge in [-0.2, -0.15) is 0 Å². The summed E-state index contributed by atoms with van der Waals surface area (Å²) < 4.78 is 0. The van der Waals surface area contributed by atoms with E-state index in [1.165, 1.54) is 21.5 Å². The molecule has 0 atom stereocenters. The Bertz CT molecular complexity index is 900. The SMILES string of the molecule is Br.CP(Cc1ccccc1)(c1ccccc1)(c1ccccc1)c1ccccc1. The first-order chi connectivity index (χ1) is 13.2. The Balaban J connectivity index is 0.00000225. The van der Waals surface area contributed by atoms with Crippen LogP contribution in [0.25, 0.3) is 0 Å². The van der Waals surface area contributed by atoms with E-state index in [0.29, 0.717) is 0 Å². The minimum atomic E-state index is -2.68. The van der Waals surface area contributed by atoms with Crippen molar-refractivity contribution in [1.82, 2.24) is 0 Å². The number of hydrogen-bond donors (Lipinski definition) is 0. The maximum absolute atomic E-state index is 2.68. The molecule has 0 spiro atoms. The van der Waals surface area contributed by atoms with Gasteiger partial charge in [0.15, 0.2) is 0 Å².